The zero-order chi connectivity index (χ0) is 12.1. The summed E-state index contributed by atoms with van der Waals surface area (Å²) in [7, 11) is 0. The van der Waals surface area contributed by atoms with Crippen molar-refractivity contribution in [2.45, 2.75) is 6.04 Å². The lowest BCUT2D eigenvalue weighted by Gasteiger charge is -2.16. The molecule has 1 atom stereocenters. The van der Waals surface area contributed by atoms with Crippen LogP contribution in [0.25, 0.3) is 0 Å². The van der Waals surface area contributed by atoms with E-state index in [4.69, 9.17) is 5.73 Å². The number of aromatic nitrogens is 2. The molecule has 0 saturated heterocycles. The average molecular weight is 230 g/mol. The Bertz CT molecular complexity index is 523. The van der Waals surface area contributed by atoms with Gasteiger partial charge < -0.3 is 16.0 Å². The van der Waals surface area contributed by atoms with Gasteiger partial charge in [0.25, 0.3) is 5.56 Å². The van der Waals surface area contributed by atoms with Crippen LogP contribution >= 0.6 is 0 Å². The lowest BCUT2D eigenvalue weighted by Crippen LogP contribution is -2.25. The molecule has 0 aliphatic rings. The standard InChI is InChI=1S/C12H14N4O/c13-8-10(9-4-2-1-3-5-9)16-11-12(17)15-7-6-14-11/h1-7,10H,8,13H2,(H,14,16)(H,15,17). The normalized spacial score (nSPS) is 12.1. The monoisotopic (exact) mass is 230 g/mol. The van der Waals surface area contributed by atoms with E-state index >= 15 is 0 Å². The molecule has 0 aliphatic heterocycles. The highest BCUT2D eigenvalue weighted by atomic mass is 16.1. The minimum atomic E-state index is -0.248. The molecule has 0 aliphatic carbocycles. The fourth-order valence-electron chi connectivity index (χ4n) is 1.58. The zero-order valence-electron chi connectivity index (χ0n) is 9.26. The van der Waals surface area contributed by atoms with E-state index in [-0.39, 0.29) is 17.4 Å². The summed E-state index contributed by atoms with van der Waals surface area (Å²) in [6, 6.07) is 9.60. The van der Waals surface area contributed by atoms with Crippen LogP contribution in [0.15, 0.2) is 47.5 Å². The number of anilines is 1. The number of H-pyrrole nitrogens is 1. The summed E-state index contributed by atoms with van der Waals surface area (Å²) in [6.45, 7) is 0.389. The van der Waals surface area contributed by atoms with Gasteiger partial charge in [-0.05, 0) is 5.56 Å². The fourth-order valence-corrected chi connectivity index (χ4v) is 1.58. The van der Waals surface area contributed by atoms with Crippen LogP contribution in [-0.2, 0) is 0 Å². The molecule has 0 fully saturated rings. The van der Waals surface area contributed by atoms with Crippen LogP contribution in [-0.4, -0.2) is 16.5 Å². The van der Waals surface area contributed by atoms with E-state index in [0.717, 1.165) is 5.56 Å². The highest BCUT2D eigenvalue weighted by molar-refractivity contribution is 5.36. The van der Waals surface area contributed by atoms with Gasteiger partial charge in [-0.25, -0.2) is 4.98 Å². The maximum Gasteiger partial charge on any atom is 0.290 e. The van der Waals surface area contributed by atoms with E-state index in [2.05, 4.69) is 15.3 Å². The molecule has 1 unspecified atom stereocenters. The van der Waals surface area contributed by atoms with Crippen LogP contribution in [0.4, 0.5) is 5.82 Å². The second-order valence-corrected chi connectivity index (χ2v) is 3.61. The van der Waals surface area contributed by atoms with Crippen molar-refractivity contribution in [1.82, 2.24) is 9.97 Å². The third kappa shape index (κ3) is 2.70. The lowest BCUT2D eigenvalue weighted by molar-refractivity contribution is 0.780. The molecule has 1 aromatic heterocycles. The largest absolute Gasteiger partial charge is 0.357 e. The van der Waals surface area contributed by atoms with Gasteiger partial charge in [0.2, 0.25) is 0 Å². The van der Waals surface area contributed by atoms with Crippen molar-refractivity contribution in [3.63, 3.8) is 0 Å². The van der Waals surface area contributed by atoms with Gasteiger partial charge >= 0.3 is 0 Å². The van der Waals surface area contributed by atoms with E-state index in [9.17, 15) is 4.79 Å². The van der Waals surface area contributed by atoms with Crippen LogP contribution in [0, 0.1) is 0 Å². The number of nitrogens with two attached hydrogens (primary N) is 1. The third-order valence-corrected chi connectivity index (χ3v) is 2.46. The SMILES string of the molecule is NCC(Nc1ncc[nH]c1=O)c1ccccc1. The number of nitrogens with zero attached hydrogens (tertiary/aromatic N) is 1. The molecule has 2 aromatic rings. The number of hydrogen-bond acceptors (Lipinski definition) is 4. The molecule has 5 nitrogen and oxygen atoms in total. The molecule has 1 aromatic carbocycles. The molecular formula is C12H14N4O. The third-order valence-electron chi connectivity index (χ3n) is 2.46. The van der Waals surface area contributed by atoms with Crippen LogP contribution in [0.2, 0.25) is 0 Å². The first-order valence-corrected chi connectivity index (χ1v) is 5.36. The summed E-state index contributed by atoms with van der Waals surface area (Å²) in [5.41, 5.74) is 6.48. The molecule has 1 heterocycles. The van der Waals surface area contributed by atoms with Gasteiger partial charge in [-0.15, -0.1) is 0 Å². The smallest absolute Gasteiger partial charge is 0.290 e. The molecule has 0 amide bonds. The second-order valence-electron chi connectivity index (χ2n) is 3.61. The fraction of sp³-hybridized carbons (Fsp3) is 0.167. The van der Waals surface area contributed by atoms with Crippen molar-refractivity contribution in [2.24, 2.45) is 5.73 Å². The highest BCUT2D eigenvalue weighted by Crippen LogP contribution is 2.14. The van der Waals surface area contributed by atoms with E-state index in [0.29, 0.717) is 6.54 Å². The minimum Gasteiger partial charge on any atom is -0.357 e. The molecule has 4 N–H and O–H groups in total. The molecule has 5 heteroatoms. The first-order chi connectivity index (χ1) is 8.31. The van der Waals surface area contributed by atoms with Gasteiger partial charge in [-0.1, -0.05) is 30.3 Å². The van der Waals surface area contributed by atoms with Crippen LogP contribution in [0.3, 0.4) is 0 Å². The van der Waals surface area contributed by atoms with Crippen molar-refractivity contribution >= 4 is 5.82 Å². The van der Waals surface area contributed by atoms with Gasteiger partial charge in [-0.2, -0.15) is 0 Å². The maximum absolute atomic E-state index is 11.5. The Morgan fingerprint density at radius 3 is 2.76 bits per heavy atom. The predicted molar refractivity (Wildman–Crippen MR) is 66.7 cm³/mol. The van der Waals surface area contributed by atoms with Crippen molar-refractivity contribution in [2.75, 3.05) is 11.9 Å². The van der Waals surface area contributed by atoms with Gasteiger partial charge in [0, 0.05) is 18.9 Å². The molecule has 88 valence electrons. The molecule has 0 saturated carbocycles. The summed E-state index contributed by atoms with van der Waals surface area (Å²) < 4.78 is 0. The summed E-state index contributed by atoms with van der Waals surface area (Å²) >= 11 is 0. The highest BCUT2D eigenvalue weighted by Gasteiger charge is 2.11. The van der Waals surface area contributed by atoms with Crippen molar-refractivity contribution in [1.29, 1.82) is 0 Å². The Kier molecular flexibility index (Phi) is 3.52. The Hall–Kier alpha value is -2.14. The van der Waals surface area contributed by atoms with Crippen LogP contribution < -0.4 is 16.6 Å². The van der Waals surface area contributed by atoms with Gasteiger partial charge in [0.05, 0.1) is 6.04 Å². The van der Waals surface area contributed by atoms with E-state index in [1.807, 2.05) is 30.3 Å². The number of aromatic amines is 1. The summed E-state index contributed by atoms with van der Waals surface area (Å²) in [5, 5.41) is 3.03. The van der Waals surface area contributed by atoms with Crippen molar-refractivity contribution < 1.29 is 0 Å². The Morgan fingerprint density at radius 2 is 2.12 bits per heavy atom. The molecule has 2 rings (SSSR count). The molecule has 0 bridgehead atoms. The Morgan fingerprint density at radius 1 is 1.35 bits per heavy atom. The van der Waals surface area contributed by atoms with Crippen LogP contribution in [0.1, 0.15) is 11.6 Å². The zero-order valence-corrected chi connectivity index (χ0v) is 9.26. The van der Waals surface area contributed by atoms with Gasteiger partial charge in [0.15, 0.2) is 5.82 Å². The van der Waals surface area contributed by atoms with Gasteiger partial charge in [0.1, 0.15) is 0 Å². The van der Waals surface area contributed by atoms with E-state index < -0.39 is 0 Å². The Labute approximate surface area is 98.7 Å². The van der Waals surface area contributed by atoms with Crippen molar-refractivity contribution in [3.05, 3.63) is 58.6 Å². The number of hydrogen-bond donors (Lipinski definition) is 3. The first kappa shape index (κ1) is 11.3. The van der Waals surface area contributed by atoms with Gasteiger partial charge in [-0.3, -0.25) is 4.79 Å². The summed E-state index contributed by atoms with van der Waals surface area (Å²) in [6.07, 6.45) is 3.02. The molecule has 0 spiro atoms. The van der Waals surface area contributed by atoms with E-state index in [1.54, 1.807) is 0 Å². The Balaban J connectivity index is 2.22. The molecular weight excluding hydrogens is 216 g/mol. The summed E-state index contributed by atoms with van der Waals surface area (Å²) in [4.78, 5) is 18.0. The number of rotatable bonds is 4. The minimum absolute atomic E-state index is 0.118. The van der Waals surface area contributed by atoms with Crippen LogP contribution in [0.5, 0.6) is 0 Å². The second kappa shape index (κ2) is 5.27. The molecule has 0 radical (unpaired) electrons. The quantitative estimate of drug-likeness (QED) is 0.728. The lowest BCUT2D eigenvalue weighted by atomic mass is 10.1. The molecule has 17 heavy (non-hydrogen) atoms. The number of benzene rings is 1. The van der Waals surface area contributed by atoms with Crippen molar-refractivity contribution in [3.8, 4) is 0 Å². The number of nitrogens with one attached hydrogen (secondary N) is 2. The summed E-state index contributed by atoms with van der Waals surface area (Å²) in [5.74, 6) is 0.284. The first-order valence-electron chi connectivity index (χ1n) is 5.36. The van der Waals surface area contributed by atoms with E-state index in [1.165, 1.54) is 12.4 Å². The topological polar surface area (TPSA) is 83.8 Å². The predicted octanol–water partition coefficient (Wildman–Crippen LogP) is 0.882. The average Bonchev–Trinajstić information content (AvgIpc) is 2.39. The maximum atomic E-state index is 11.5.